The molecule has 2 unspecified atom stereocenters. The van der Waals surface area contributed by atoms with Gasteiger partial charge in [-0.05, 0) is 13.0 Å². The quantitative estimate of drug-likeness (QED) is 0.778. The maximum Gasteiger partial charge on any atom is 0.398 e. The van der Waals surface area contributed by atoms with E-state index in [1.165, 1.54) is 6.08 Å². The molecule has 1 heterocycles. The van der Waals surface area contributed by atoms with Gasteiger partial charge in [-0.25, -0.2) is 0 Å². The van der Waals surface area contributed by atoms with Crippen molar-refractivity contribution in [2.75, 3.05) is 19.8 Å². The van der Waals surface area contributed by atoms with E-state index in [-0.39, 0.29) is 0 Å². The predicted octanol–water partition coefficient (Wildman–Crippen LogP) is 1.81. The van der Waals surface area contributed by atoms with Crippen LogP contribution in [0.25, 0.3) is 0 Å². The van der Waals surface area contributed by atoms with Gasteiger partial charge in [-0.15, -0.1) is 0 Å². The second-order valence-electron chi connectivity index (χ2n) is 4.62. The Morgan fingerprint density at radius 1 is 1.56 bits per heavy atom. The molecule has 0 amide bonds. The highest BCUT2D eigenvalue weighted by Crippen LogP contribution is 2.42. The fourth-order valence-corrected chi connectivity index (χ4v) is 2.45. The molecule has 2 rings (SSSR count). The highest BCUT2D eigenvalue weighted by molar-refractivity contribution is 5.38. The van der Waals surface area contributed by atoms with Gasteiger partial charge in [0, 0.05) is 19.8 Å². The van der Waals surface area contributed by atoms with Gasteiger partial charge in [0.2, 0.25) is 0 Å². The minimum absolute atomic E-state index is 0.303. The molecule has 98 valence electrons. The molecule has 1 saturated heterocycles. The van der Waals surface area contributed by atoms with Crippen LogP contribution < -0.4 is 5.32 Å². The van der Waals surface area contributed by atoms with E-state index in [9.17, 15) is 18.4 Å². The molecule has 1 aliphatic heterocycles. The summed E-state index contributed by atoms with van der Waals surface area (Å²) in [4.78, 5) is 1.55. The lowest BCUT2D eigenvalue weighted by Crippen LogP contribution is -2.55. The monoisotopic (exact) mass is 257 g/mol. The Bertz CT molecular complexity index is 427. The normalized spacial score (nSPS) is 33.3. The summed E-state index contributed by atoms with van der Waals surface area (Å²) in [5, 5.41) is 12.3. The highest BCUT2D eigenvalue weighted by atomic mass is 19.4. The molecule has 0 bridgehead atoms. The van der Waals surface area contributed by atoms with Crippen molar-refractivity contribution in [3.8, 4) is 6.07 Å². The molecule has 18 heavy (non-hydrogen) atoms. The van der Waals surface area contributed by atoms with E-state index in [1.807, 2.05) is 6.07 Å². The lowest BCUT2D eigenvalue weighted by Gasteiger charge is -2.40. The number of allylic oxidation sites excluding steroid dienone is 2. The average Bonchev–Trinajstić information content (AvgIpc) is 2.82. The van der Waals surface area contributed by atoms with Crippen LogP contribution in [0.3, 0.4) is 0 Å². The fraction of sp³-hybridized carbons (Fsp3) is 0.583. The van der Waals surface area contributed by atoms with Crippen molar-refractivity contribution in [2.24, 2.45) is 5.92 Å². The molecule has 0 aromatic carbocycles. The molecule has 0 saturated carbocycles. The van der Waals surface area contributed by atoms with Crippen LogP contribution in [0.2, 0.25) is 0 Å². The van der Waals surface area contributed by atoms with E-state index in [2.05, 4.69) is 5.32 Å². The summed E-state index contributed by atoms with van der Waals surface area (Å²) < 4.78 is 39.5. The van der Waals surface area contributed by atoms with Gasteiger partial charge in [0.25, 0.3) is 0 Å². The number of nitriles is 1. The van der Waals surface area contributed by atoms with Crippen molar-refractivity contribution in [1.29, 1.82) is 5.26 Å². The summed E-state index contributed by atoms with van der Waals surface area (Å²) in [5.41, 5.74) is -1.09. The number of rotatable bonds is 1. The molecular weight excluding hydrogens is 243 g/mol. The van der Waals surface area contributed by atoms with Gasteiger partial charge in [-0.3, -0.25) is 4.90 Å². The highest BCUT2D eigenvalue weighted by Gasteiger charge is 2.56. The Labute approximate surface area is 104 Å². The molecule has 0 aromatic rings. The first kappa shape index (κ1) is 13.1. The van der Waals surface area contributed by atoms with Gasteiger partial charge in [0.05, 0.1) is 6.07 Å². The van der Waals surface area contributed by atoms with Gasteiger partial charge in [-0.1, -0.05) is 17.7 Å². The SMILES string of the molecule is CC1=CC(C(F)(F)F)C(C#N)(N2CCNC2)C=C1. The van der Waals surface area contributed by atoms with Crippen LogP contribution in [0.4, 0.5) is 13.2 Å². The molecule has 6 heteroatoms. The summed E-state index contributed by atoms with van der Waals surface area (Å²) in [7, 11) is 0. The predicted molar refractivity (Wildman–Crippen MR) is 60.4 cm³/mol. The summed E-state index contributed by atoms with van der Waals surface area (Å²) in [6.07, 6.45) is -0.316. The zero-order valence-electron chi connectivity index (χ0n) is 9.96. The van der Waals surface area contributed by atoms with E-state index in [0.29, 0.717) is 25.3 Å². The smallest absolute Gasteiger partial charge is 0.303 e. The molecule has 3 nitrogen and oxygen atoms in total. The van der Waals surface area contributed by atoms with Crippen LogP contribution >= 0.6 is 0 Å². The van der Waals surface area contributed by atoms with E-state index in [4.69, 9.17) is 0 Å². The van der Waals surface area contributed by atoms with Crippen molar-refractivity contribution >= 4 is 0 Å². The zero-order chi connectivity index (χ0) is 13.4. The van der Waals surface area contributed by atoms with Gasteiger partial charge < -0.3 is 5.32 Å². The number of nitrogens with one attached hydrogen (secondary N) is 1. The lowest BCUT2D eigenvalue weighted by molar-refractivity contribution is -0.181. The Morgan fingerprint density at radius 3 is 2.78 bits per heavy atom. The van der Waals surface area contributed by atoms with Crippen molar-refractivity contribution in [3.63, 3.8) is 0 Å². The van der Waals surface area contributed by atoms with Gasteiger partial charge in [-0.2, -0.15) is 18.4 Å². The lowest BCUT2D eigenvalue weighted by atomic mass is 9.78. The molecular formula is C12H14F3N3. The summed E-state index contributed by atoms with van der Waals surface area (Å²) in [6.45, 7) is 2.96. The fourth-order valence-electron chi connectivity index (χ4n) is 2.45. The zero-order valence-corrected chi connectivity index (χ0v) is 9.96. The molecule has 2 aliphatic rings. The maximum absolute atomic E-state index is 13.2. The van der Waals surface area contributed by atoms with Crippen molar-refractivity contribution in [1.82, 2.24) is 10.2 Å². The minimum atomic E-state index is -4.43. The second-order valence-corrected chi connectivity index (χ2v) is 4.62. The third-order valence-electron chi connectivity index (χ3n) is 3.42. The third kappa shape index (κ3) is 2.04. The number of hydrogen-bond donors (Lipinski definition) is 1. The molecule has 1 fully saturated rings. The molecule has 1 N–H and O–H groups in total. The Kier molecular flexibility index (Phi) is 3.21. The molecule has 0 aromatic heterocycles. The third-order valence-corrected chi connectivity index (χ3v) is 3.42. The van der Waals surface area contributed by atoms with Gasteiger partial charge in [0.15, 0.2) is 0 Å². The van der Waals surface area contributed by atoms with Gasteiger partial charge >= 0.3 is 6.18 Å². The Morgan fingerprint density at radius 2 is 2.28 bits per heavy atom. The van der Waals surface area contributed by atoms with E-state index in [1.54, 1.807) is 17.9 Å². The summed E-state index contributed by atoms with van der Waals surface area (Å²) >= 11 is 0. The van der Waals surface area contributed by atoms with Gasteiger partial charge in [0.1, 0.15) is 11.5 Å². The Hall–Kier alpha value is -1.32. The van der Waals surface area contributed by atoms with Crippen LogP contribution in [-0.4, -0.2) is 36.4 Å². The topological polar surface area (TPSA) is 39.1 Å². The van der Waals surface area contributed by atoms with Crippen LogP contribution in [-0.2, 0) is 0 Å². The van der Waals surface area contributed by atoms with E-state index < -0.39 is 17.6 Å². The van der Waals surface area contributed by atoms with Crippen LogP contribution in [0.1, 0.15) is 6.92 Å². The minimum Gasteiger partial charge on any atom is -0.303 e. The number of hydrogen-bond acceptors (Lipinski definition) is 3. The first-order valence-electron chi connectivity index (χ1n) is 5.71. The molecule has 0 spiro atoms. The number of alkyl halides is 3. The first-order chi connectivity index (χ1) is 8.40. The first-order valence-corrected chi connectivity index (χ1v) is 5.71. The second kappa shape index (κ2) is 4.41. The molecule has 2 atom stereocenters. The van der Waals surface area contributed by atoms with Crippen LogP contribution in [0.15, 0.2) is 23.8 Å². The largest absolute Gasteiger partial charge is 0.398 e. The van der Waals surface area contributed by atoms with Crippen LogP contribution in [0, 0.1) is 17.2 Å². The van der Waals surface area contributed by atoms with Crippen LogP contribution in [0.5, 0.6) is 0 Å². The van der Waals surface area contributed by atoms with Crippen molar-refractivity contribution in [3.05, 3.63) is 23.8 Å². The standard InChI is InChI=1S/C12H14F3N3/c1-9-2-3-11(7-16,18-5-4-17-8-18)10(6-9)12(13,14)15/h2-3,6,10,17H,4-5,8H2,1H3. The molecule has 0 radical (unpaired) electrons. The summed E-state index contributed by atoms with van der Waals surface area (Å²) in [5.74, 6) is -1.78. The van der Waals surface area contributed by atoms with Crippen molar-refractivity contribution in [2.45, 2.75) is 18.6 Å². The van der Waals surface area contributed by atoms with E-state index >= 15 is 0 Å². The maximum atomic E-state index is 13.2. The van der Waals surface area contributed by atoms with E-state index in [0.717, 1.165) is 6.08 Å². The average molecular weight is 257 g/mol. The Balaban J connectivity index is 2.44. The molecule has 1 aliphatic carbocycles. The number of halogens is 3. The van der Waals surface area contributed by atoms with Crippen molar-refractivity contribution < 1.29 is 13.2 Å². The summed E-state index contributed by atoms with van der Waals surface area (Å²) in [6, 6.07) is 1.87. The number of nitrogens with zero attached hydrogens (tertiary/aromatic N) is 2.